The summed E-state index contributed by atoms with van der Waals surface area (Å²) < 4.78 is 5.69. The van der Waals surface area contributed by atoms with Gasteiger partial charge in [0.1, 0.15) is 5.75 Å². The van der Waals surface area contributed by atoms with Crippen molar-refractivity contribution in [3.05, 3.63) is 50.8 Å². The number of nitrogens with one attached hydrogen (secondary N) is 1. The zero-order chi connectivity index (χ0) is 16.2. The molecule has 1 fully saturated rings. The van der Waals surface area contributed by atoms with E-state index in [0.717, 1.165) is 40.2 Å². The summed E-state index contributed by atoms with van der Waals surface area (Å²) in [4.78, 5) is 27.4. The molecule has 7 heteroatoms. The number of aryl methyl sites for hydroxylation is 1. The van der Waals surface area contributed by atoms with Crippen LogP contribution < -0.4 is 10.1 Å². The van der Waals surface area contributed by atoms with Crippen LogP contribution in [0.3, 0.4) is 0 Å². The van der Waals surface area contributed by atoms with Gasteiger partial charge >= 0.3 is 0 Å². The number of carbonyl (C=O) groups is 2. The van der Waals surface area contributed by atoms with E-state index in [-0.39, 0.29) is 11.1 Å². The van der Waals surface area contributed by atoms with Crippen LogP contribution in [0.1, 0.15) is 16.3 Å². The molecule has 23 heavy (non-hydrogen) atoms. The summed E-state index contributed by atoms with van der Waals surface area (Å²) in [5.74, 6) is 0.414. The minimum absolute atomic E-state index is 0.335. The van der Waals surface area contributed by atoms with Crippen LogP contribution in [0.4, 0.5) is 4.79 Å². The fourth-order valence-electron chi connectivity index (χ4n) is 2.03. The van der Waals surface area contributed by atoms with Gasteiger partial charge in [0.15, 0.2) is 0 Å². The second-order valence-corrected chi connectivity index (χ2v) is 6.95. The number of carbonyl (C=O) groups excluding carboxylic acids is 2. The molecule has 3 rings (SSSR count). The third-order valence-corrected chi connectivity index (χ3v) is 4.75. The number of hydrogen-bond donors (Lipinski definition) is 1. The first-order valence-electron chi connectivity index (χ1n) is 6.99. The van der Waals surface area contributed by atoms with Crippen molar-refractivity contribution >= 4 is 40.3 Å². The van der Waals surface area contributed by atoms with Crippen molar-refractivity contribution in [3.63, 3.8) is 0 Å². The lowest BCUT2D eigenvalue weighted by atomic mass is 10.2. The number of hydrogen-bond acceptors (Lipinski definition) is 6. The Balaban J connectivity index is 1.56. The number of amides is 2. The number of rotatable bonds is 5. The van der Waals surface area contributed by atoms with Gasteiger partial charge in [-0.15, -0.1) is 11.3 Å². The Morgan fingerprint density at radius 2 is 2.04 bits per heavy atom. The van der Waals surface area contributed by atoms with Crippen LogP contribution in [0.15, 0.2) is 34.6 Å². The summed E-state index contributed by atoms with van der Waals surface area (Å²) >= 11 is 2.55. The van der Waals surface area contributed by atoms with Crippen molar-refractivity contribution in [1.82, 2.24) is 10.3 Å². The van der Waals surface area contributed by atoms with Crippen LogP contribution in [-0.2, 0) is 11.2 Å². The maximum absolute atomic E-state index is 11.5. The Morgan fingerprint density at radius 1 is 1.26 bits per heavy atom. The molecule has 0 radical (unpaired) electrons. The van der Waals surface area contributed by atoms with Crippen LogP contribution in [0.5, 0.6) is 5.75 Å². The first kappa shape index (κ1) is 15.8. The molecule has 0 atom stereocenters. The highest BCUT2D eigenvalue weighted by atomic mass is 32.2. The van der Waals surface area contributed by atoms with Gasteiger partial charge in [-0.2, -0.15) is 0 Å². The highest BCUT2D eigenvalue weighted by molar-refractivity contribution is 8.18. The molecule has 1 aromatic carbocycles. The maximum atomic E-state index is 11.5. The molecule has 1 aliphatic rings. The molecule has 1 aliphatic heterocycles. The lowest BCUT2D eigenvalue weighted by Crippen LogP contribution is -2.17. The second kappa shape index (κ2) is 6.97. The zero-order valence-corrected chi connectivity index (χ0v) is 14.0. The van der Waals surface area contributed by atoms with E-state index in [0.29, 0.717) is 11.5 Å². The van der Waals surface area contributed by atoms with E-state index in [1.165, 1.54) is 0 Å². The fourth-order valence-corrected chi connectivity index (χ4v) is 3.36. The van der Waals surface area contributed by atoms with Gasteiger partial charge in [-0.25, -0.2) is 4.98 Å². The van der Waals surface area contributed by atoms with Crippen molar-refractivity contribution in [2.75, 3.05) is 6.61 Å². The molecule has 2 amide bonds. The van der Waals surface area contributed by atoms with E-state index in [9.17, 15) is 9.59 Å². The Morgan fingerprint density at radius 3 is 2.65 bits per heavy atom. The van der Waals surface area contributed by atoms with Gasteiger partial charge in [0.05, 0.1) is 22.2 Å². The highest BCUT2D eigenvalue weighted by Gasteiger charge is 2.24. The van der Waals surface area contributed by atoms with Crippen LogP contribution in [-0.4, -0.2) is 22.7 Å². The Labute approximate surface area is 141 Å². The molecule has 118 valence electrons. The quantitative estimate of drug-likeness (QED) is 0.841. The van der Waals surface area contributed by atoms with Gasteiger partial charge in [-0.05, 0) is 42.5 Å². The molecule has 0 bridgehead atoms. The van der Waals surface area contributed by atoms with Gasteiger partial charge in [0, 0.05) is 11.8 Å². The smallest absolute Gasteiger partial charge is 0.290 e. The van der Waals surface area contributed by atoms with Crippen LogP contribution >= 0.6 is 23.1 Å². The fraction of sp³-hybridized carbons (Fsp3) is 0.188. The van der Waals surface area contributed by atoms with Crippen molar-refractivity contribution in [3.8, 4) is 5.75 Å². The largest absolute Gasteiger partial charge is 0.493 e. The average Bonchev–Trinajstić information content (AvgIpc) is 3.06. The molecule has 0 aliphatic carbocycles. The molecule has 0 saturated carbocycles. The van der Waals surface area contributed by atoms with E-state index in [1.807, 2.05) is 36.6 Å². The number of ether oxygens (including phenoxy) is 1. The molecule has 1 aromatic heterocycles. The van der Waals surface area contributed by atoms with Gasteiger partial charge in [-0.1, -0.05) is 12.1 Å². The standard InChI is InChI=1S/C16H14N2O3S2/c1-10-17-12(9-22-10)6-7-21-13-4-2-11(3-5-13)8-14-15(19)18-16(20)23-14/h2-5,8-9H,6-7H2,1H3,(H,18,19,20)/b14-8-. The summed E-state index contributed by atoms with van der Waals surface area (Å²) in [6.45, 7) is 2.55. The first-order chi connectivity index (χ1) is 11.1. The predicted molar refractivity (Wildman–Crippen MR) is 91.6 cm³/mol. The van der Waals surface area contributed by atoms with E-state index in [4.69, 9.17) is 4.74 Å². The average molecular weight is 346 g/mol. The summed E-state index contributed by atoms with van der Waals surface area (Å²) in [7, 11) is 0. The molecule has 1 N–H and O–H groups in total. The maximum Gasteiger partial charge on any atom is 0.290 e. The summed E-state index contributed by atoms with van der Waals surface area (Å²) in [5, 5.41) is 5.00. The third kappa shape index (κ3) is 4.20. The predicted octanol–water partition coefficient (Wildman–Crippen LogP) is 3.40. The third-order valence-electron chi connectivity index (χ3n) is 3.11. The van der Waals surface area contributed by atoms with Gasteiger partial charge < -0.3 is 4.74 Å². The number of thiazole rings is 1. The number of nitrogens with zero attached hydrogens (tertiary/aromatic N) is 1. The van der Waals surface area contributed by atoms with Crippen molar-refractivity contribution in [1.29, 1.82) is 0 Å². The zero-order valence-electron chi connectivity index (χ0n) is 12.4. The Kier molecular flexibility index (Phi) is 4.78. The lowest BCUT2D eigenvalue weighted by Gasteiger charge is -2.05. The lowest BCUT2D eigenvalue weighted by molar-refractivity contribution is -0.115. The minimum atomic E-state index is -0.348. The Hall–Kier alpha value is -2.12. The molecule has 5 nitrogen and oxygen atoms in total. The summed E-state index contributed by atoms with van der Waals surface area (Å²) in [6.07, 6.45) is 2.46. The Bertz CT molecular complexity index is 766. The molecular formula is C16H14N2O3S2. The van der Waals surface area contributed by atoms with Crippen LogP contribution in [0.25, 0.3) is 6.08 Å². The number of benzene rings is 1. The molecule has 0 spiro atoms. The van der Waals surface area contributed by atoms with Crippen LogP contribution in [0.2, 0.25) is 0 Å². The van der Waals surface area contributed by atoms with E-state index in [2.05, 4.69) is 10.3 Å². The second-order valence-electron chi connectivity index (χ2n) is 4.88. The summed E-state index contributed by atoms with van der Waals surface area (Å²) in [5.41, 5.74) is 1.89. The molecule has 2 aromatic rings. The van der Waals surface area contributed by atoms with E-state index < -0.39 is 0 Å². The van der Waals surface area contributed by atoms with Gasteiger partial charge in [0.25, 0.3) is 11.1 Å². The van der Waals surface area contributed by atoms with Gasteiger partial charge in [0.2, 0.25) is 0 Å². The highest BCUT2D eigenvalue weighted by Crippen LogP contribution is 2.26. The molecule has 2 heterocycles. The molecule has 1 saturated heterocycles. The molecular weight excluding hydrogens is 332 g/mol. The minimum Gasteiger partial charge on any atom is -0.493 e. The summed E-state index contributed by atoms with van der Waals surface area (Å²) in [6, 6.07) is 7.40. The van der Waals surface area contributed by atoms with Crippen molar-refractivity contribution in [2.24, 2.45) is 0 Å². The van der Waals surface area contributed by atoms with Crippen LogP contribution in [0, 0.1) is 6.92 Å². The SMILES string of the molecule is Cc1nc(CCOc2ccc(/C=C3\SC(=O)NC3=O)cc2)cs1. The van der Waals surface area contributed by atoms with Crippen molar-refractivity contribution in [2.45, 2.75) is 13.3 Å². The monoisotopic (exact) mass is 346 g/mol. The first-order valence-corrected chi connectivity index (χ1v) is 8.68. The molecule has 0 unspecified atom stereocenters. The van der Waals surface area contributed by atoms with Crippen molar-refractivity contribution < 1.29 is 14.3 Å². The number of aromatic nitrogens is 1. The number of imide groups is 1. The van der Waals surface area contributed by atoms with E-state index in [1.54, 1.807) is 17.4 Å². The van der Waals surface area contributed by atoms with E-state index >= 15 is 0 Å². The van der Waals surface area contributed by atoms with Gasteiger partial charge in [-0.3, -0.25) is 14.9 Å². The normalized spacial score (nSPS) is 16.0. The topological polar surface area (TPSA) is 68.3 Å². The number of thioether (sulfide) groups is 1.